The Morgan fingerprint density at radius 2 is 2.00 bits per heavy atom. The number of benzene rings is 2. The maximum absolute atomic E-state index is 12.4. The Morgan fingerprint density at radius 1 is 1.16 bits per heavy atom. The molecule has 25 heavy (non-hydrogen) atoms. The number of hydrogen-bond acceptors (Lipinski definition) is 5. The van der Waals surface area contributed by atoms with E-state index in [1.165, 1.54) is 0 Å². The van der Waals surface area contributed by atoms with Crippen LogP contribution < -0.4 is 25.6 Å². The Bertz CT molecular complexity index is 769. The van der Waals surface area contributed by atoms with Crippen LogP contribution in [0.4, 0.5) is 5.69 Å². The SMILES string of the molecule is COc1ccc(C2CC(C(=O)Nc3cccc(Cl)c3)NN2)c(OC)c1. The van der Waals surface area contributed by atoms with E-state index in [0.717, 1.165) is 17.1 Å². The van der Waals surface area contributed by atoms with E-state index in [9.17, 15) is 4.79 Å². The van der Waals surface area contributed by atoms with Crippen LogP contribution in [-0.4, -0.2) is 26.2 Å². The van der Waals surface area contributed by atoms with Crippen molar-refractivity contribution in [3.8, 4) is 11.5 Å². The molecule has 132 valence electrons. The molecule has 0 aromatic heterocycles. The number of ether oxygens (including phenoxy) is 2. The van der Waals surface area contributed by atoms with Gasteiger partial charge in [0.2, 0.25) is 5.91 Å². The Morgan fingerprint density at radius 3 is 2.72 bits per heavy atom. The van der Waals surface area contributed by atoms with Gasteiger partial charge in [0.1, 0.15) is 17.5 Å². The highest BCUT2D eigenvalue weighted by atomic mass is 35.5. The van der Waals surface area contributed by atoms with Gasteiger partial charge in [-0.3, -0.25) is 4.79 Å². The third-order valence-corrected chi connectivity index (χ3v) is 4.36. The first-order chi connectivity index (χ1) is 12.1. The van der Waals surface area contributed by atoms with Gasteiger partial charge in [0.15, 0.2) is 0 Å². The van der Waals surface area contributed by atoms with Crippen LogP contribution in [-0.2, 0) is 4.79 Å². The second-order valence-electron chi connectivity index (χ2n) is 5.74. The second kappa shape index (κ2) is 7.74. The van der Waals surface area contributed by atoms with Crippen LogP contribution >= 0.6 is 11.6 Å². The predicted molar refractivity (Wildman–Crippen MR) is 97.0 cm³/mol. The monoisotopic (exact) mass is 361 g/mol. The van der Waals surface area contributed by atoms with Gasteiger partial charge in [-0.15, -0.1) is 0 Å². The Kier molecular flexibility index (Phi) is 5.43. The molecule has 0 radical (unpaired) electrons. The third kappa shape index (κ3) is 4.04. The average molecular weight is 362 g/mol. The summed E-state index contributed by atoms with van der Waals surface area (Å²) in [6.45, 7) is 0. The molecule has 3 N–H and O–H groups in total. The Hall–Kier alpha value is -2.28. The lowest BCUT2D eigenvalue weighted by Gasteiger charge is -2.15. The number of carbonyl (C=O) groups excluding carboxylic acids is 1. The molecule has 1 aliphatic heterocycles. The smallest absolute Gasteiger partial charge is 0.242 e. The van der Waals surface area contributed by atoms with Gasteiger partial charge in [-0.2, -0.15) is 0 Å². The number of carbonyl (C=O) groups is 1. The number of hydrogen-bond donors (Lipinski definition) is 3. The summed E-state index contributed by atoms with van der Waals surface area (Å²) in [7, 11) is 3.23. The van der Waals surface area contributed by atoms with Crippen LogP contribution in [0.2, 0.25) is 5.02 Å². The number of amides is 1. The molecule has 0 bridgehead atoms. The lowest BCUT2D eigenvalue weighted by molar-refractivity contribution is -0.117. The molecular weight excluding hydrogens is 342 g/mol. The minimum atomic E-state index is -0.365. The fourth-order valence-corrected chi connectivity index (χ4v) is 3.02. The van der Waals surface area contributed by atoms with Crippen molar-refractivity contribution < 1.29 is 14.3 Å². The first-order valence-electron chi connectivity index (χ1n) is 7.90. The maximum atomic E-state index is 12.4. The van der Waals surface area contributed by atoms with E-state index < -0.39 is 0 Å². The van der Waals surface area contributed by atoms with Gasteiger partial charge in [0, 0.05) is 22.3 Å². The Balaban J connectivity index is 1.68. The summed E-state index contributed by atoms with van der Waals surface area (Å²) in [4.78, 5) is 12.4. The minimum Gasteiger partial charge on any atom is -0.497 e. The molecule has 1 heterocycles. The van der Waals surface area contributed by atoms with E-state index in [-0.39, 0.29) is 18.0 Å². The number of hydrazine groups is 1. The summed E-state index contributed by atoms with van der Waals surface area (Å²) >= 11 is 5.95. The molecule has 1 saturated heterocycles. The van der Waals surface area contributed by atoms with Gasteiger partial charge in [-0.05, 0) is 30.7 Å². The number of nitrogens with one attached hydrogen (secondary N) is 3. The van der Waals surface area contributed by atoms with Crippen molar-refractivity contribution in [2.45, 2.75) is 18.5 Å². The highest BCUT2D eigenvalue weighted by molar-refractivity contribution is 6.30. The molecule has 3 rings (SSSR count). The molecule has 2 unspecified atom stereocenters. The summed E-state index contributed by atoms with van der Waals surface area (Å²) in [5, 5.41) is 3.45. The minimum absolute atomic E-state index is 0.0454. The summed E-state index contributed by atoms with van der Waals surface area (Å²) < 4.78 is 10.7. The van der Waals surface area contributed by atoms with Crippen molar-refractivity contribution in [2.24, 2.45) is 0 Å². The number of rotatable bonds is 5. The van der Waals surface area contributed by atoms with E-state index in [0.29, 0.717) is 17.1 Å². The number of anilines is 1. The normalized spacial score (nSPS) is 19.5. The molecule has 2 aromatic carbocycles. The van der Waals surface area contributed by atoms with Gasteiger partial charge in [0.25, 0.3) is 0 Å². The molecule has 7 heteroatoms. The average Bonchev–Trinajstić information content (AvgIpc) is 3.11. The van der Waals surface area contributed by atoms with E-state index in [2.05, 4.69) is 16.2 Å². The van der Waals surface area contributed by atoms with Crippen LogP contribution in [0.5, 0.6) is 11.5 Å². The standard InChI is InChI=1S/C18H20ClN3O3/c1-24-13-6-7-14(17(9-13)25-2)15-10-16(22-21-15)18(23)20-12-5-3-4-11(19)8-12/h3-9,15-16,21-22H,10H2,1-2H3,(H,20,23). The molecule has 1 fully saturated rings. The van der Waals surface area contributed by atoms with E-state index in [1.54, 1.807) is 38.5 Å². The van der Waals surface area contributed by atoms with Crippen molar-refractivity contribution in [1.82, 2.24) is 10.9 Å². The van der Waals surface area contributed by atoms with Crippen LogP contribution in [0.25, 0.3) is 0 Å². The van der Waals surface area contributed by atoms with E-state index >= 15 is 0 Å². The quantitative estimate of drug-likeness (QED) is 0.763. The Labute approximate surface area is 151 Å². The van der Waals surface area contributed by atoms with Crippen molar-refractivity contribution >= 4 is 23.2 Å². The summed E-state index contributed by atoms with van der Waals surface area (Å²) in [6, 6.07) is 12.3. The second-order valence-corrected chi connectivity index (χ2v) is 6.17. The summed E-state index contributed by atoms with van der Waals surface area (Å²) in [5.74, 6) is 1.32. The van der Waals surface area contributed by atoms with Crippen LogP contribution in [0.3, 0.4) is 0 Å². The lowest BCUT2D eigenvalue weighted by atomic mass is 10.0. The molecular formula is C18H20ClN3O3. The van der Waals surface area contributed by atoms with E-state index in [1.807, 2.05) is 18.2 Å². The third-order valence-electron chi connectivity index (χ3n) is 4.13. The maximum Gasteiger partial charge on any atom is 0.242 e. The highest BCUT2D eigenvalue weighted by Crippen LogP contribution is 2.33. The van der Waals surface area contributed by atoms with Gasteiger partial charge >= 0.3 is 0 Å². The van der Waals surface area contributed by atoms with E-state index in [4.69, 9.17) is 21.1 Å². The zero-order valence-electron chi connectivity index (χ0n) is 14.0. The molecule has 0 saturated carbocycles. The largest absolute Gasteiger partial charge is 0.497 e. The first kappa shape index (κ1) is 17.5. The molecule has 1 amide bonds. The van der Waals surface area contributed by atoms with Gasteiger partial charge in [-0.25, -0.2) is 10.9 Å². The van der Waals surface area contributed by atoms with Crippen LogP contribution in [0.1, 0.15) is 18.0 Å². The van der Waals surface area contributed by atoms with Gasteiger partial charge in [0.05, 0.1) is 20.3 Å². The number of methoxy groups -OCH3 is 2. The van der Waals surface area contributed by atoms with Crippen molar-refractivity contribution in [2.75, 3.05) is 19.5 Å². The zero-order chi connectivity index (χ0) is 17.8. The zero-order valence-corrected chi connectivity index (χ0v) is 14.8. The van der Waals surface area contributed by atoms with Crippen molar-refractivity contribution in [1.29, 1.82) is 0 Å². The first-order valence-corrected chi connectivity index (χ1v) is 8.28. The molecule has 2 aromatic rings. The molecule has 2 atom stereocenters. The highest BCUT2D eigenvalue weighted by Gasteiger charge is 2.31. The van der Waals surface area contributed by atoms with Crippen molar-refractivity contribution in [3.05, 3.63) is 53.1 Å². The van der Waals surface area contributed by atoms with Gasteiger partial charge in [-0.1, -0.05) is 23.7 Å². The molecule has 0 aliphatic carbocycles. The lowest BCUT2D eigenvalue weighted by Crippen LogP contribution is -2.39. The molecule has 1 aliphatic rings. The topological polar surface area (TPSA) is 71.6 Å². The summed E-state index contributed by atoms with van der Waals surface area (Å²) in [5.41, 5.74) is 7.83. The summed E-state index contributed by atoms with van der Waals surface area (Å²) in [6.07, 6.45) is 0.592. The fourth-order valence-electron chi connectivity index (χ4n) is 2.83. The number of halogens is 1. The van der Waals surface area contributed by atoms with Crippen LogP contribution in [0.15, 0.2) is 42.5 Å². The van der Waals surface area contributed by atoms with Gasteiger partial charge < -0.3 is 14.8 Å². The van der Waals surface area contributed by atoms with Crippen LogP contribution in [0, 0.1) is 0 Å². The predicted octanol–water partition coefficient (Wildman–Crippen LogP) is 2.90. The molecule has 0 spiro atoms. The van der Waals surface area contributed by atoms with Crippen molar-refractivity contribution in [3.63, 3.8) is 0 Å². The fraction of sp³-hybridized carbons (Fsp3) is 0.278. The molecule has 6 nitrogen and oxygen atoms in total.